The molecule has 4 rings (SSSR count). The molecule has 1 heterocycles. The fourth-order valence-corrected chi connectivity index (χ4v) is 6.04. The summed E-state index contributed by atoms with van der Waals surface area (Å²) in [5.41, 5.74) is 5.38. The van der Waals surface area contributed by atoms with Crippen LogP contribution in [0.4, 0.5) is 5.69 Å². The zero-order valence-corrected chi connectivity index (χ0v) is 21.7. The second-order valence-electron chi connectivity index (χ2n) is 8.09. The molecule has 6 N–H and O–H groups in total. The molecule has 0 radical (unpaired) electrons. The molecule has 0 fully saturated rings. The maximum atomic E-state index is 12.3. The van der Waals surface area contributed by atoms with Crippen molar-refractivity contribution in [2.45, 2.75) is 22.0 Å². The lowest BCUT2D eigenvalue weighted by Gasteiger charge is -2.20. The van der Waals surface area contributed by atoms with Gasteiger partial charge in [0.1, 0.15) is 0 Å². The molecule has 37 heavy (non-hydrogen) atoms. The van der Waals surface area contributed by atoms with Crippen molar-refractivity contribution in [2.75, 3.05) is 12.0 Å². The first-order valence-corrected chi connectivity index (χ1v) is 14.6. The van der Waals surface area contributed by atoms with Gasteiger partial charge in [-0.1, -0.05) is 12.1 Å². The summed E-state index contributed by atoms with van der Waals surface area (Å²) in [6.45, 7) is 1.88. The van der Waals surface area contributed by atoms with Crippen molar-refractivity contribution >= 4 is 54.6 Å². The summed E-state index contributed by atoms with van der Waals surface area (Å²) in [6, 6.07) is 9.48. The van der Waals surface area contributed by atoms with Crippen molar-refractivity contribution in [1.29, 1.82) is 5.41 Å². The van der Waals surface area contributed by atoms with Gasteiger partial charge in [0.2, 0.25) is 0 Å². The highest BCUT2D eigenvalue weighted by Crippen LogP contribution is 2.46. The van der Waals surface area contributed by atoms with Gasteiger partial charge >= 0.3 is 5.97 Å². The van der Waals surface area contributed by atoms with Gasteiger partial charge in [0.05, 0.1) is 16.6 Å². The molecular formula is C23H20N2O9S3. The number of hydrogen-bond acceptors (Lipinski definition) is 9. The molecule has 1 aliphatic carbocycles. The highest BCUT2D eigenvalue weighted by molar-refractivity contribution is 7.98. The van der Waals surface area contributed by atoms with Gasteiger partial charge in [0.25, 0.3) is 20.2 Å². The van der Waals surface area contributed by atoms with Crippen LogP contribution in [0, 0.1) is 5.41 Å². The van der Waals surface area contributed by atoms with Crippen LogP contribution in [0.2, 0.25) is 0 Å². The minimum atomic E-state index is -5.08. The largest absolute Gasteiger partial charge is 0.478 e. The van der Waals surface area contributed by atoms with Gasteiger partial charge in [-0.2, -0.15) is 28.6 Å². The first-order chi connectivity index (χ1) is 17.2. The van der Waals surface area contributed by atoms with Crippen LogP contribution in [0.3, 0.4) is 0 Å². The predicted octanol–water partition coefficient (Wildman–Crippen LogP) is 3.88. The summed E-state index contributed by atoms with van der Waals surface area (Å²) in [6.07, 6.45) is 1.86. The smallest absolute Gasteiger partial charge is 0.336 e. The van der Waals surface area contributed by atoms with E-state index in [-0.39, 0.29) is 32.9 Å². The number of rotatable bonds is 6. The van der Waals surface area contributed by atoms with E-state index < -0.39 is 58.4 Å². The monoisotopic (exact) mass is 564 g/mol. The van der Waals surface area contributed by atoms with E-state index in [4.69, 9.17) is 15.6 Å². The third-order valence-electron chi connectivity index (χ3n) is 5.88. The molecule has 2 aliphatic rings. The van der Waals surface area contributed by atoms with Crippen LogP contribution in [-0.2, 0) is 20.2 Å². The summed E-state index contributed by atoms with van der Waals surface area (Å²) < 4.78 is 74.3. The lowest BCUT2D eigenvalue weighted by molar-refractivity contribution is 0.0697. The minimum absolute atomic E-state index is 0.0125. The Hall–Kier alpha value is -3.43. The minimum Gasteiger partial charge on any atom is -0.478 e. The van der Waals surface area contributed by atoms with E-state index in [0.717, 1.165) is 6.07 Å². The Morgan fingerprint density at radius 2 is 1.62 bits per heavy atom. The average molecular weight is 565 g/mol. The molecule has 14 heteroatoms. The van der Waals surface area contributed by atoms with Crippen molar-refractivity contribution in [3.63, 3.8) is 0 Å². The van der Waals surface area contributed by atoms with Crippen molar-refractivity contribution < 1.29 is 40.3 Å². The number of carboxylic acid groups (broad SMARTS) is 1. The number of carbonyl (C=O) groups is 1. The second-order valence-corrected chi connectivity index (χ2v) is 12.0. The highest BCUT2D eigenvalue weighted by atomic mass is 32.2. The summed E-state index contributed by atoms with van der Waals surface area (Å²) in [4.78, 5) is 10.5. The summed E-state index contributed by atoms with van der Waals surface area (Å²) in [5.74, 6) is -1.93. The van der Waals surface area contributed by atoms with E-state index in [1.165, 1.54) is 42.1 Å². The van der Waals surface area contributed by atoms with Crippen molar-refractivity contribution in [3.8, 4) is 22.5 Å². The van der Waals surface area contributed by atoms with Crippen LogP contribution in [-0.4, -0.2) is 43.3 Å². The fraction of sp³-hybridized carbons (Fsp3) is 0.130. The number of fused-ring (bicyclic) bond motifs is 2. The number of nitrogens with one attached hydrogen (secondary N) is 1. The number of nitrogen functional groups attached to an aromatic ring is 1. The van der Waals surface area contributed by atoms with Gasteiger partial charge in [0.15, 0.2) is 21.1 Å². The third kappa shape index (κ3) is 4.57. The number of anilines is 1. The zero-order valence-electron chi connectivity index (χ0n) is 19.2. The molecule has 1 aliphatic heterocycles. The number of thioether (sulfide) groups is 1. The van der Waals surface area contributed by atoms with Gasteiger partial charge in [-0.15, -0.1) is 0 Å². The van der Waals surface area contributed by atoms with E-state index in [0.29, 0.717) is 5.56 Å². The van der Waals surface area contributed by atoms with Crippen LogP contribution in [0.5, 0.6) is 0 Å². The van der Waals surface area contributed by atoms with Crippen LogP contribution < -0.4 is 11.1 Å². The topological polar surface area (TPSA) is 209 Å². The Morgan fingerprint density at radius 3 is 2.19 bits per heavy atom. The average Bonchev–Trinajstić information content (AvgIpc) is 2.79. The third-order valence-corrected chi connectivity index (χ3v) is 8.72. The maximum Gasteiger partial charge on any atom is 0.336 e. The van der Waals surface area contributed by atoms with E-state index in [1.807, 2.05) is 13.2 Å². The molecule has 1 atom stereocenters. The first kappa shape index (κ1) is 26.6. The van der Waals surface area contributed by atoms with Crippen LogP contribution >= 0.6 is 11.8 Å². The Bertz CT molecular complexity index is 1850. The Labute approximate surface area is 215 Å². The predicted molar refractivity (Wildman–Crippen MR) is 137 cm³/mol. The molecule has 2 aromatic carbocycles. The van der Waals surface area contributed by atoms with E-state index in [9.17, 15) is 35.8 Å². The van der Waals surface area contributed by atoms with E-state index >= 15 is 0 Å². The van der Waals surface area contributed by atoms with Gasteiger partial charge in [0, 0.05) is 21.8 Å². The van der Waals surface area contributed by atoms with Crippen LogP contribution in [0.15, 0.2) is 56.7 Å². The SMILES string of the molecule is CSC(C)c1ccc(-c2c3ccc(=N)c(S(=O)(=O)O)c-3oc3c(S(=O)(=O)O)c(N)ccc23)c(C(=O)O)c1. The van der Waals surface area contributed by atoms with Crippen LogP contribution in [0.1, 0.15) is 28.1 Å². The molecule has 0 saturated carbocycles. The molecule has 0 saturated heterocycles. The second kappa shape index (κ2) is 9.15. The molecule has 0 bridgehead atoms. The van der Waals surface area contributed by atoms with Crippen LogP contribution in [0.25, 0.3) is 33.4 Å². The molecule has 0 spiro atoms. The maximum absolute atomic E-state index is 12.3. The Morgan fingerprint density at radius 1 is 1.00 bits per heavy atom. The van der Waals surface area contributed by atoms with E-state index in [1.54, 1.807) is 6.07 Å². The number of nitrogens with two attached hydrogens (primary N) is 1. The van der Waals surface area contributed by atoms with Gasteiger partial charge < -0.3 is 15.3 Å². The number of benzene rings is 3. The summed E-state index contributed by atoms with van der Waals surface area (Å²) >= 11 is 1.49. The molecule has 0 amide bonds. The quantitative estimate of drug-likeness (QED) is 0.129. The van der Waals surface area contributed by atoms with Crippen molar-refractivity contribution in [3.05, 3.63) is 58.9 Å². The lowest BCUT2D eigenvalue weighted by atomic mass is 9.89. The normalized spacial score (nSPS) is 13.2. The lowest BCUT2D eigenvalue weighted by Crippen LogP contribution is -2.16. The summed E-state index contributed by atoms with van der Waals surface area (Å²) in [5, 5.41) is 17.3. The van der Waals surface area contributed by atoms with Crippen molar-refractivity contribution in [2.24, 2.45) is 0 Å². The fourth-order valence-electron chi connectivity index (χ4n) is 4.14. The van der Waals surface area contributed by atoms with Gasteiger partial charge in [-0.05, 0) is 54.6 Å². The number of hydrogen-bond donors (Lipinski definition) is 5. The molecular weight excluding hydrogens is 544 g/mol. The molecule has 11 nitrogen and oxygen atoms in total. The highest BCUT2D eigenvalue weighted by Gasteiger charge is 2.31. The van der Waals surface area contributed by atoms with E-state index in [2.05, 4.69) is 0 Å². The molecule has 1 unspecified atom stereocenters. The number of aromatic carboxylic acids is 1. The Kier molecular flexibility index (Phi) is 6.58. The van der Waals surface area contributed by atoms with Gasteiger partial charge in [-0.25, -0.2) is 4.79 Å². The summed E-state index contributed by atoms with van der Waals surface area (Å²) in [7, 11) is -10.1. The standard InChI is InChI=1S/C23H20N2O9S3/c1-10(35-2)11-3-4-12(15(9-11)23(26)27)18-13-5-7-16(24)21(36(28,29)30)19(13)34-20-14(18)6-8-17(25)22(20)37(31,32)33/h3-10,24H,25H2,1-2H3,(H,26,27)(H,28,29,30)(H,31,32,33). The number of carboxylic acids is 1. The first-order valence-electron chi connectivity index (χ1n) is 10.4. The molecule has 0 aromatic heterocycles. The molecule has 194 valence electrons. The molecule has 2 aromatic rings. The Balaban J connectivity index is 2.33. The van der Waals surface area contributed by atoms with Gasteiger partial charge in [-0.3, -0.25) is 14.5 Å². The zero-order chi connectivity index (χ0) is 27.4. The van der Waals surface area contributed by atoms with Crippen molar-refractivity contribution in [1.82, 2.24) is 0 Å².